The monoisotopic (exact) mass is 341 g/mol. The first-order valence-corrected chi connectivity index (χ1v) is 8.74. The van der Waals surface area contributed by atoms with E-state index in [-0.39, 0.29) is 5.91 Å². The van der Waals surface area contributed by atoms with Crippen molar-refractivity contribution in [1.82, 2.24) is 24.5 Å². The highest BCUT2D eigenvalue weighted by molar-refractivity contribution is 5.78. The third kappa shape index (κ3) is 4.46. The van der Waals surface area contributed by atoms with Crippen molar-refractivity contribution in [3.63, 3.8) is 0 Å². The molecule has 1 fully saturated rings. The lowest BCUT2D eigenvalue weighted by Crippen LogP contribution is -2.38. The van der Waals surface area contributed by atoms with Crippen molar-refractivity contribution in [2.24, 2.45) is 0 Å². The van der Waals surface area contributed by atoms with E-state index in [1.54, 1.807) is 6.20 Å². The van der Waals surface area contributed by atoms with E-state index >= 15 is 0 Å². The maximum atomic E-state index is 12.5. The lowest BCUT2D eigenvalue weighted by molar-refractivity contribution is -0.131. The van der Waals surface area contributed by atoms with Crippen LogP contribution in [0.15, 0.2) is 42.7 Å². The molecule has 0 radical (unpaired) electrons. The number of likely N-dealkylation sites (N-methyl/N-ethyl adjacent to an activating group) is 2. The number of carbonyl (C=O) groups is 1. The van der Waals surface area contributed by atoms with Gasteiger partial charge in [-0.1, -0.05) is 12.1 Å². The first kappa shape index (κ1) is 17.6. The largest absolute Gasteiger partial charge is 0.340 e. The van der Waals surface area contributed by atoms with Gasteiger partial charge in [-0.05, 0) is 44.3 Å². The topological polar surface area (TPSA) is 44.6 Å². The zero-order valence-corrected chi connectivity index (χ0v) is 15.3. The fourth-order valence-electron chi connectivity index (χ4n) is 3.23. The lowest BCUT2D eigenvalue weighted by atomic mass is 10.2. The number of carbonyl (C=O) groups excluding carboxylic acids is 1. The molecule has 0 bridgehead atoms. The van der Waals surface area contributed by atoms with Gasteiger partial charge in [0.2, 0.25) is 5.91 Å². The van der Waals surface area contributed by atoms with E-state index in [1.807, 2.05) is 41.0 Å². The Balaban J connectivity index is 1.51. The summed E-state index contributed by atoms with van der Waals surface area (Å²) in [5.41, 5.74) is 2.15. The maximum Gasteiger partial charge on any atom is 0.236 e. The predicted octanol–water partition coefficient (Wildman–Crippen LogP) is 1.47. The first-order chi connectivity index (χ1) is 12.0. The summed E-state index contributed by atoms with van der Waals surface area (Å²) in [6.45, 7) is 3.11. The molecule has 3 rings (SSSR count). The van der Waals surface area contributed by atoms with Crippen LogP contribution in [-0.2, 0) is 11.3 Å². The molecule has 6 heteroatoms. The Bertz CT molecular complexity index is 680. The number of benzene rings is 1. The summed E-state index contributed by atoms with van der Waals surface area (Å²) < 4.78 is 1.83. The molecule has 134 valence electrons. The molecule has 1 atom stereocenters. The quantitative estimate of drug-likeness (QED) is 0.798. The molecule has 2 aromatic rings. The normalized spacial score (nSPS) is 18.0. The number of hydrogen-bond acceptors (Lipinski definition) is 4. The smallest absolute Gasteiger partial charge is 0.236 e. The summed E-state index contributed by atoms with van der Waals surface area (Å²) in [4.78, 5) is 18.8. The molecule has 0 N–H and O–H groups in total. The zero-order valence-electron chi connectivity index (χ0n) is 15.3. The molecule has 0 spiro atoms. The summed E-state index contributed by atoms with van der Waals surface area (Å²) in [5, 5.41) is 4.22. The highest BCUT2D eigenvalue weighted by Crippen LogP contribution is 2.14. The van der Waals surface area contributed by atoms with Gasteiger partial charge in [-0.3, -0.25) is 9.69 Å². The minimum Gasteiger partial charge on any atom is -0.340 e. The van der Waals surface area contributed by atoms with Gasteiger partial charge in [0.1, 0.15) is 0 Å². The van der Waals surface area contributed by atoms with Gasteiger partial charge in [0, 0.05) is 45.1 Å². The second-order valence-corrected chi connectivity index (χ2v) is 7.01. The summed E-state index contributed by atoms with van der Waals surface area (Å²) in [7, 11) is 6.09. The van der Waals surface area contributed by atoms with Gasteiger partial charge < -0.3 is 9.80 Å². The van der Waals surface area contributed by atoms with E-state index in [2.05, 4.69) is 41.1 Å². The Hall–Kier alpha value is -2.18. The Kier molecular flexibility index (Phi) is 5.50. The molecule has 1 aliphatic heterocycles. The number of nitrogens with zero attached hydrogens (tertiary/aromatic N) is 5. The molecule has 25 heavy (non-hydrogen) atoms. The zero-order chi connectivity index (χ0) is 17.8. The Morgan fingerprint density at radius 1 is 1.24 bits per heavy atom. The van der Waals surface area contributed by atoms with Gasteiger partial charge in [0.05, 0.1) is 12.2 Å². The molecule has 0 saturated carbocycles. The van der Waals surface area contributed by atoms with Gasteiger partial charge in [0.25, 0.3) is 0 Å². The van der Waals surface area contributed by atoms with Gasteiger partial charge in [-0.2, -0.15) is 5.10 Å². The fourth-order valence-corrected chi connectivity index (χ4v) is 3.23. The van der Waals surface area contributed by atoms with Gasteiger partial charge in [-0.15, -0.1) is 0 Å². The molecule has 1 amide bonds. The first-order valence-electron chi connectivity index (χ1n) is 8.74. The van der Waals surface area contributed by atoms with Crippen molar-refractivity contribution < 1.29 is 4.79 Å². The van der Waals surface area contributed by atoms with Gasteiger partial charge in [0.15, 0.2) is 0 Å². The van der Waals surface area contributed by atoms with Crippen molar-refractivity contribution in [2.45, 2.75) is 19.0 Å². The highest BCUT2D eigenvalue weighted by atomic mass is 16.2. The molecule has 1 aromatic carbocycles. The summed E-state index contributed by atoms with van der Waals surface area (Å²) in [6.07, 6.45) is 4.82. The Labute approximate surface area is 149 Å². The molecule has 6 nitrogen and oxygen atoms in total. The molecular weight excluding hydrogens is 314 g/mol. The second kappa shape index (κ2) is 7.80. The van der Waals surface area contributed by atoms with Crippen molar-refractivity contribution >= 4 is 5.91 Å². The van der Waals surface area contributed by atoms with E-state index in [9.17, 15) is 4.79 Å². The number of likely N-dealkylation sites (tertiary alicyclic amines) is 1. The van der Waals surface area contributed by atoms with E-state index in [1.165, 1.54) is 0 Å². The van der Waals surface area contributed by atoms with Crippen LogP contribution in [0.1, 0.15) is 12.0 Å². The molecule has 1 aromatic heterocycles. The lowest BCUT2D eigenvalue weighted by Gasteiger charge is -2.23. The average molecular weight is 341 g/mol. The number of rotatable bonds is 6. The summed E-state index contributed by atoms with van der Waals surface area (Å²) in [6, 6.07) is 10.6. The standard InChI is InChI=1S/C19H27N5O/c1-21(2)18-9-12-23(14-18)15-19(25)22(3)13-16-5-7-17(8-6-16)24-11-4-10-20-24/h4-8,10-11,18H,9,12-15H2,1-3H3/t18-/m1/s1. The van der Waals surface area contributed by atoms with Crippen LogP contribution in [0.2, 0.25) is 0 Å². The van der Waals surface area contributed by atoms with Crippen molar-refractivity contribution in [2.75, 3.05) is 40.8 Å². The van der Waals surface area contributed by atoms with Crippen LogP contribution in [-0.4, -0.2) is 77.2 Å². The average Bonchev–Trinajstić information content (AvgIpc) is 3.27. The van der Waals surface area contributed by atoms with Crippen LogP contribution in [0.5, 0.6) is 0 Å². The minimum atomic E-state index is 0.176. The van der Waals surface area contributed by atoms with E-state index in [0.717, 1.165) is 30.8 Å². The van der Waals surface area contributed by atoms with Crippen LogP contribution < -0.4 is 0 Å². The van der Waals surface area contributed by atoms with E-state index in [0.29, 0.717) is 19.1 Å². The van der Waals surface area contributed by atoms with Crippen LogP contribution in [0.3, 0.4) is 0 Å². The van der Waals surface area contributed by atoms with Gasteiger partial charge >= 0.3 is 0 Å². The third-order valence-electron chi connectivity index (χ3n) is 4.89. The minimum absolute atomic E-state index is 0.176. The van der Waals surface area contributed by atoms with Crippen molar-refractivity contribution in [1.29, 1.82) is 0 Å². The predicted molar refractivity (Wildman–Crippen MR) is 98.6 cm³/mol. The molecule has 0 unspecified atom stereocenters. The van der Waals surface area contributed by atoms with Crippen LogP contribution >= 0.6 is 0 Å². The number of amides is 1. The molecule has 1 saturated heterocycles. The third-order valence-corrected chi connectivity index (χ3v) is 4.89. The number of aromatic nitrogens is 2. The Morgan fingerprint density at radius 3 is 2.60 bits per heavy atom. The maximum absolute atomic E-state index is 12.5. The van der Waals surface area contributed by atoms with Gasteiger partial charge in [-0.25, -0.2) is 4.68 Å². The highest BCUT2D eigenvalue weighted by Gasteiger charge is 2.26. The van der Waals surface area contributed by atoms with Crippen LogP contribution in [0, 0.1) is 0 Å². The summed E-state index contributed by atoms with van der Waals surface area (Å²) >= 11 is 0. The summed E-state index contributed by atoms with van der Waals surface area (Å²) in [5.74, 6) is 0.176. The van der Waals surface area contributed by atoms with E-state index in [4.69, 9.17) is 0 Å². The number of hydrogen-bond donors (Lipinski definition) is 0. The SMILES string of the molecule is CN(Cc1ccc(-n2cccn2)cc1)C(=O)CN1CC[C@@H](N(C)C)C1. The Morgan fingerprint density at radius 2 is 2.00 bits per heavy atom. The molecule has 0 aliphatic carbocycles. The second-order valence-electron chi connectivity index (χ2n) is 7.01. The molecular formula is C19H27N5O. The molecule has 1 aliphatic rings. The fraction of sp³-hybridized carbons (Fsp3) is 0.474. The van der Waals surface area contributed by atoms with Crippen molar-refractivity contribution in [3.05, 3.63) is 48.3 Å². The molecule has 2 heterocycles. The van der Waals surface area contributed by atoms with Crippen LogP contribution in [0.25, 0.3) is 5.69 Å². The van der Waals surface area contributed by atoms with Crippen molar-refractivity contribution in [3.8, 4) is 5.69 Å². The van der Waals surface area contributed by atoms with Crippen LogP contribution in [0.4, 0.5) is 0 Å². The van der Waals surface area contributed by atoms with E-state index < -0.39 is 0 Å².